The van der Waals surface area contributed by atoms with Crippen LogP contribution in [0.4, 0.5) is 0 Å². The van der Waals surface area contributed by atoms with Gasteiger partial charge in [-0.3, -0.25) is 0 Å². The summed E-state index contributed by atoms with van der Waals surface area (Å²) in [5, 5.41) is 5.37. The zero-order valence-electron chi connectivity index (χ0n) is 28.5. The van der Waals surface area contributed by atoms with Crippen LogP contribution in [-0.2, 0) is 23.3 Å². The molecule has 2 saturated carbocycles. The topological polar surface area (TPSA) is 0 Å². The van der Waals surface area contributed by atoms with Gasteiger partial charge in [0.05, 0.1) is 0 Å². The molecule has 0 radical (unpaired) electrons. The van der Waals surface area contributed by atoms with Gasteiger partial charge in [-0.2, -0.15) is 12.1 Å². The third-order valence-corrected chi connectivity index (χ3v) is 19.0. The fourth-order valence-electron chi connectivity index (χ4n) is 7.67. The predicted molar refractivity (Wildman–Crippen MR) is 199 cm³/mol. The zero-order chi connectivity index (χ0) is 31.7. The minimum atomic E-state index is 0. The quantitative estimate of drug-likeness (QED) is 0.131. The van der Waals surface area contributed by atoms with E-state index in [1.807, 2.05) is 23.3 Å². The normalized spacial score (nSPS) is 14.9. The summed E-state index contributed by atoms with van der Waals surface area (Å²) in [7, 11) is 0. The van der Waals surface area contributed by atoms with Gasteiger partial charge in [-0.25, -0.2) is 0 Å². The molecule has 0 bridgehead atoms. The van der Waals surface area contributed by atoms with Gasteiger partial charge < -0.3 is 24.8 Å². The molecule has 48 heavy (non-hydrogen) atoms. The van der Waals surface area contributed by atoms with Crippen molar-refractivity contribution in [1.82, 2.24) is 0 Å². The molecular formula is C44H48Cl2SiZr-2. The van der Waals surface area contributed by atoms with Crippen molar-refractivity contribution < 1.29 is 48.1 Å². The van der Waals surface area contributed by atoms with Gasteiger partial charge in [0.1, 0.15) is 0 Å². The SMILES string of the molecule is Cc1cc2c(-c3ccccc3)cccc2[cH-]1.Cc1cc2c(-c3ccccc3)cccc2[cH-]1.[Cl-].[Cl-].[Zr+2]=[Si](C1CCCCC1)C1CCCCC1. The van der Waals surface area contributed by atoms with E-state index in [2.05, 4.69) is 135 Å². The van der Waals surface area contributed by atoms with Crippen molar-refractivity contribution in [3.63, 3.8) is 0 Å². The van der Waals surface area contributed by atoms with E-state index in [9.17, 15) is 0 Å². The van der Waals surface area contributed by atoms with Crippen LogP contribution in [0, 0.1) is 13.8 Å². The first kappa shape index (κ1) is 38.6. The van der Waals surface area contributed by atoms with Crippen LogP contribution in [-0.4, -0.2) is 5.43 Å². The number of benzene rings is 4. The first-order valence-corrected chi connectivity index (χ1v) is 22.9. The summed E-state index contributed by atoms with van der Waals surface area (Å²) in [5.74, 6) is 0. The van der Waals surface area contributed by atoms with Crippen molar-refractivity contribution >= 4 is 27.0 Å². The van der Waals surface area contributed by atoms with Gasteiger partial charge in [-0.15, -0.1) is 69.1 Å². The number of hydrogen-bond donors (Lipinski definition) is 0. The first-order valence-electron chi connectivity index (χ1n) is 17.6. The number of hydrogen-bond acceptors (Lipinski definition) is 0. The standard InChI is InChI=1S/2C16H13.C12H22Si.2ClH.Zr/c2*1-12-10-14-8-5-9-15(16(14)11-12)13-6-3-2-4-7-13;1-3-7-11(8-4-1)13-12-9-5-2-6-10-12;;;/h2*2-11H,1H3;11-12H,1-10H2;2*1H;/q2*-1;;;;+2/p-2. The zero-order valence-corrected chi connectivity index (χ0v) is 33.5. The molecule has 0 aliphatic heterocycles. The molecule has 2 fully saturated rings. The van der Waals surface area contributed by atoms with Crippen LogP contribution in [0.15, 0.2) is 121 Å². The summed E-state index contributed by atoms with van der Waals surface area (Å²) in [6, 6.07) is 43.1. The van der Waals surface area contributed by atoms with Crippen LogP contribution in [0.3, 0.4) is 0 Å². The Labute approximate surface area is 316 Å². The second-order valence-corrected chi connectivity index (χ2v) is 20.3. The van der Waals surface area contributed by atoms with E-state index in [0.29, 0.717) is 0 Å². The van der Waals surface area contributed by atoms with E-state index < -0.39 is 0 Å². The Morgan fingerprint density at radius 2 is 0.875 bits per heavy atom. The maximum absolute atomic E-state index is 2.26. The summed E-state index contributed by atoms with van der Waals surface area (Å²) in [6.07, 6.45) is 15.7. The van der Waals surface area contributed by atoms with Crippen molar-refractivity contribution in [3.05, 3.63) is 132 Å². The molecule has 0 atom stereocenters. The Bertz CT molecular complexity index is 1710. The average Bonchev–Trinajstić information content (AvgIpc) is 3.70. The molecule has 0 aromatic heterocycles. The molecule has 4 heteroatoms. The number of fused-ring (bicyclic) bond motifs is 2. The second-order valence-electron chi connectivity index (χ2n) is 13.5. The van der Waals surface area contributed by atoms with Crippen LogP contribution in [0.5, 0.6) is 0 Å². The molecule has 0 N–H and O–H groups in total. The van der Waals surface area contributed by atoms with Crippen molar-refractivity contribution in [2.75, 3.05) is 0 Å². The summed E-state index contributed by atoms with van der Waals surface area (Å²) in [5.41, 5.74) is 10.5. The average molecular weight is 767 g/mol. The van der Waals surface area contributed by atoms with Crippen molar-refractivity contribution in [2.24, 2.45) is 0 Å². The van der Waals surface area contributed by atoms with Gasteiger partial charge >= 0.3 is 104 Å². The molecule has 0 unspecified atom stereocenters. The van der Waals surface area contributed by atoms with E-state index in [4.69, 9.17) is 0 Å². The van der Waals surface area contributed by atoms with Crippen molar-refractivity contribution in [1.29, 1.82) is 0 Å². The van der Waals surface area contributed by atoms with E-state index in [1.165, 1.54) is 78.8 Å². The van der Waals surface area contributed by atoms with Gasteiger partial charge in [-0.05, 0) is 11.1 Å². The molecule has 0 saturated heterocycles. The first-order chi connectivity index (χ1) is 22.6. The molecule has 2 aliphatic carbocycles. The molecule has 0 heterocycles. The van der Waals surface area contributed by atoms with Gasteiger partial charge in [0.15, 0.2) is 0 Å². The molecular weight excluding hydrogens is 719 g/mol. The molecule has 0 nitrogen and oxygen atoms in total. The van der Waals surface area contributed by atoms with Crippen molar-refractivity contribution in [3.8, 4) is 22.3 Å². The third kappa shape index (κ3) is 9.94. The second kappa shape index (κ2) is 19.2. The number of rotatable bonds is 4. The van der Waals surface area contributed by atoms with Gasteiger partial charge in [0, 0.05) is 0 Å². The Morgan fingerprint density at radius 1 is 0.500 bits per heavy atom. The summed E-state index contributed by atoms with van der Waals surface area (Å²) in [6.45, 7) is 4.30. The molecule has 248 valence electrons. The minimum absolute atomic E-state index is 0. The van der Waals surface area contributed by atoms with Crippen LogP contribution in [0.1, 0.15) is 75.3 Å². The molecule has 0 spiro atoms. The van der Waals surface area contributed by atoms with E-state index in [-0.39, 0.29) is 30.2 Å². The Balaban J connectivity index is 0.000000160. The summed E-state index contributed by atoms with van der Waals surface area (Å²) >= 11 is 1.95. The van der Waals surface area contributed by atoms with Crippen LogP contribution in [0.2, 0.25) is 11.1 Å². The van der Waals surface area contributed by atoms with E-state index in [1.54, 1.807) is 51.4 Å². The Hall–Kier alpha value is -2.22. The Kier molecular flexibility index (Phi) is 15.5. The van der Waals surface area contributed by atoms with Gasteiger partial charge in [-0.1, -0.05) is 97.8 Å². The monoisotopic (exact) mass is 764 g/mol. The third-order valence-electron chi connectivity index (χ3n) is 10.0. The van der Waals surface area contributed by atoms with Crippen LogP contribution < -0.4 is 24.8 Å². The molecule has 6 aromatic rings. The van der Waals surface area contributed by atoms with E-state index in [0.717, 1.165) is 0 Å². The van der Waals surface area contributed by atoms with Crippen LogP contribution in [0.25, 0.3) is 43.8 Å². The van der Waals surface area contributed by atoms with Crippen molar-refractivity contribution in [2.45, 2.75) is 89.1 Å². The van der Waals surface area contributed by atoms with Crippen LogP contribution >= 0.6 is 0 Å². The molecule has 6 aromatic carbocycles. The number of halogens is 2. The fourth-order valence-corrected chi connectivity index (χ4v) is 14.7. The van der Waals surface area contributed by atoms with E-state index >= 15 is 0 Å². The summed E-state index contributed by atoms with van der Waals surface area (Å²) in [4.78, 5) is 0. The Morgan fingerprint density at radius 3 is 1.25 bits per heavy atom. The predicted octanol–water partition coefficient (Wildman–Crippen LogP) is 7.27. The molecule has 2 aliphatic rings. The van der Waals surface area contributed by atoms with Gasteiger partial charge in [0.2, 0.25) is 0 Å². The summed E-state index contributed by atoms with van der Waals surface area (Å²) < 4.78 is 0. The molecule has 0 amide bonds. The van der Waals surface area contributed by atoms with Gasteiger partial charge in [0.25, 0.3) is 0 Å². The fraction of sp³-hybridized carbons (Fsp3) is 0.318. The maximum atomic E-state index is 2.26. The number of aryl methyl sites for hydroxylation is 2. The molecule has 8 rings (SSSR count).